The zero-order valence-electron chi connectivity index (χ0n) is 15.1. The highest BCUT2D eigenvalue weighted by atomic mass is 16.5. The minimum absolute atomic E-state index is 0.0344. The minimum atomic E-state index is -0.0839. The standard InChI is InChI=1S/C9H19NO2.C7H15NO/c1-5-8(2)9(11)12-7-6-10(3)4;1-5-6(2)7(9)8(3)4/h8H,5-7H2,1-4H3;6H,5H2,1-4H3. The Bertz CT molecular complexity index is 291. The van der Waals surface area contributed by atoms with Crippen LogP contribution in [0.5, 0.6) is 0 Å². The molecule has 0 heterocycles. The van der Waals surface area contributed by atoms with Crippen molar-refractivity contribution in [3.63, 3.8) is 0 Å². The lowest BCUT2D eigenvalue weighted by molar-refractivity contribution is -0.148. The van der Waals surface area contributed by atoms with Gasteiger partial charge in [0.25, 0.3) is 0 Å². The first kappa shape index (κ1) is 22.2. The average molecular weight is 302 g/mol. The molecule has 0 aromatic heterocycles. The molecule has 1 amide bonds. The zero-order chi connectivity index (χ0) is 17.0. The molecule has 0 spiro atoms. The molecule has 5 heteroatoms. The maximum Gasteiger partial charge on any atom is 0.308 e. The molecule has 5 nitrogen and oxygen atoms in total. The van der Waals surface area contributed by atoms with Crippen molar-refractivity contribution >= 4 is 11.9 Å². The van der Waals surface area contributed by atoms with E-state index in [4.69, 9.17) is 4.74 Å². The largest absolute Gasteiger partial charge is 0.464 e. The van der Waals surface area contributed by atoms with Gasteiger partial charge in [0.1, 0.15) is 6.61 Å². The lowest BCUT2D eigenvalue weighted by Gasteiger charge is -2.14. The number of esters is 1. The summed E-state index contributed by atoms with van der Waals surface area (Å²) in [5, 5.41) is 0. The van der Waals surface area contributed by atoms with E-state index in [2.05, 4.69) is 0 Å². The van der Waals surface area contributed by atoms with Crippen LogP contribution in [0.15, 0.2) is 0 Å². The highest BCUT2D eigenvalue weighted by molar-refractivity contribution is 5.77. The van der Waals surface area contributed by atoms with Gasteiger partial charge in [-0.3, -0.25) is 9.59 Å². The van der Waals surface area contributed by atoms with Crippen LogP contribution >= 0.6 is 0 Å². The number of carbonyl (C=O) groups is 2. The lowest BCUT2D eigenvalue weighted by atomic mass is 10.1. The average Bonchev–Trinajstić information content (AvgIpc) is 2.44. The second-order valence-electron chi connectivity index (χ2n) is 5.82. The molecular weight excluding hydrogens is 268 g/mol. The van der Waals surface area contributed by atoms with Crippen LogP contribution in [-0.2, 0) is 14.3 Å². The first-order chi connectivity index (χ1) is 9.67. The van der Waals surface area contributed by atoms with Crippen molar-refractivity contribution in [3.8, 4) is 0 Å². The molecule has 0 radical (unpaired) electrons. The fraction of sp³-hybridized carbons (Fsp3) is 0.875. The van der Waals surface area contributed by atoms with Crippen LogP contribution in [0.4, 0.5) is 0 Å². The molecule has 2 unspecified atom stereocenters. The molecule has 2 atom stereocenters. The van der Waals surface area contributed by atoms with E-state index in [-0.39, 0.29) is 23.7 Å². The molecule has 0 N–H and O–H groups in total. The molecule has 0 aliphatic carbocycles. The number of carbonyl (C=O) groups excluding carboxylic acids is 2. The monoisotopic (exact) mass is 302 g/mol. The van der Waals surface area contributed by atoms with E-state index in [1.807, 2.05) is 46.7 Å². The predicted octanol–water partition coefficient (Wildman–Crippen LogP) is 2.26. The topological polar surface area (TPSA) is 49.9 Å². The van der Waals surface area contributed by atoms with Gasteiger partial charge in [-0.05, 0) is 26.9 Å². The normalized spacial score (nSPS) is 13.0. The van der Waals surface area contributed by atoms with Gasteiger partial charge in [0.2, 0.25) is 5.91 Å². The smallest absolute Gasteiger partial charge is 0.308 e. The van der Waals surface area contributed by atoms with Gasteiger partial charge >= 0.3 is 5.97 Å². The summed E-state index contributed by atoms with van der Waals surface area (Å²) in [4.78, 5) is 25.7. The Kier molecular flexibility index (Phi) is 13.3. The van der Waals surface area contributed by atoms with E-state index in [0.717, 1.165) is 19.4 Å². The Balaban J connectivity index is 0. The summed E-state index contributed by atoms with van der Waals surface area (Å²) in [6.07, 6.45) is 1.78. The molecule has 0 fully saturated rings. The van der Waals surface area contributed by atoms with Crippen LogP contribution in [0.3, 0.4) is 0 Å². The van der Waals surface area contributed by atoms with Crippen molar-refractivity contribution in [1.82, 2.24) is 9.80 Å². The van der Waals surface area contributed by atoms with Crippen LogP contribution in [0.1, 0.15) is 40.5 Å². The van der Waals surface area contributed by atoms with Crippen LogP contribution in [-0.4, -0.2) is 63.0 Å². The quantitative estimate of drug-likeness (QED) is 0.677. The Morgan fingerprint density at radius 3 is 1.71 bits per heavy atom. The van der Waals surface area contributed by atoms with Gasteiger partial charge in [0.05, 0.1) is 5.92 Å². The van der Waals surface area contributed by atoms with E-state index in [0.29, 0.717) is 6.61 Å². The van der Waals surface area contributed by atoms with Crippen LogP contribution < -0.4 is 0 Å². The van der Waals surface area contributed by atoms with Crippen molar-refractivity contribution in [2.75, 3.05) is 41.3 Å². The summed E-state index contributed by atoms with van der Waals surface area (Å²) < 4.78 is 5.02. The third-order valence-electron chi connectivity index (χ3n) is 3.27. The van der Waals surface area contributed by atoms with Gasteiger partial charge in [0, 0.05) is 26.6 Å². The van der Waals surface area contributed by atoms with Crippen LogP contribution in [0.2, 0.25) is 0 Å². The van der Waals surface area contributed by atoms with E-state index in [1.165, 1.54) is 0 Å². The van der Waals surface area contributed by atoms with Crippen LogP contribution in [0.25, 0.3) is 0 Å². The maximum atomic E-state index is 11.1. The second-order valence-corrected chi connectivity index (χ2v) is 5.82. The molecule has 0 bridgehead atoms. The molecule has 0 rings (SSSR count). The molecule has 0 saturated carbocycles. The van der Waals surface area contributed by atoms with E-state index in [1.54, 1.807) is 19.0 Å². The van der Waals surface area contributed by atoms with Crippen molar-refractivity contribution in [3.05, 3.63) is 0 Å². The Morgan fingerprint density at radius 2 is 1.43 bits per heavy atom. The fourth-order valence-corrected chi connectivity index (χ4v) is 1.25. The molecule has 21 heavy (non-hydrogen) atoms. The third kappa shape index (κ3) is 12.4. The van der Waals surface area contributed by atoms with Crippen molar-refractivity contribution in [2.45, 2.75) is 40.5 Å². The van der Waals surface area contributed by atoms with Gasteiger partial charge in [-0.25, -0.2) is 0 Å². The summed E-state index contributed by atoms with van der Waals surface area (Å²) in [6.45, 7) is 9.13. The van der Waals surface area contributed by atoms with Gasteiger partial charge in [-0.15, -0.1) is 0 Å². The Hall–Kier alpha value is -1.10. The third-order valence-corrected chi connectivity index (χ3v) is 3.27. The van der Waals surface area contributed by atoms with Gasteiger partial charge in [-0.2, -0.15) is 0 Å². The molecule has 126 valence electrons. The summed E-state index contributed by atoms with van der Waals surface area (Å²) in [5.41, 5.74) is 0. The van der Waals surface area contributed by atoms with Crippen molar-refractivity contribution < 1.29 is 14.3 Å². The number of nitrogens with zero attached hydrogens (tertiary/aromatic N) is 2. The van der Waals surface area contributed by atoms with Crippen molar-refractivity contribution in [2.24, 2.45) is 11.8 Å². The first-order valence-electron chi connectivity index (χ1n) is 7.69. The molecule has 0 aromatic rings. The summed E-state index contributed by atoms with van der Waals surface area (Å²) in [7, 11) is 7.48. The number of hydrogen-bond donors (Lipinski definition) is 0. The molecule has 0 aliphatic heterocycles. The number of rotatable bonds is 7. The Labute approximate surface area is 130 Å². The molecule has 0 saturated heterocycles. The van der Waals surface area contributed by atoms with Crippen molar-refractivity contribution in [1.29, 1.82) is 0 Å². The second kappa shape index (κ2) is 12.6. The molecule has 0 aromatic carbocycles. The number of hydrogen-bond acceptors (Lipinski definition) is 4. The van der Waals surface area contributed by atoms with Gasteiger partial charge < -0.3 is 14.5 Å². The first-order valence-corrected chi connectivity index (χ1v) is 7.69. The lowest BCUT2D eigenvalue weighted by Crippen LogP contribution is -2.27. The van der Waals surface area contributed by atoms with Crippen LogP contribution in [0, 0.1) is 11.8 Å². The van der Waals surface area contributed by atoms with E-state index >= 15 is 0 Å². The minimum Gasteiger partial charge on any atom is -0.464 e. The fourth-order valence-electron chi connectivity index (χ4n) is 1.25. The highest BCUT2D eigenvalue weighted by Crippen LogP contribution is 2.03. The van der Waals surface area contributed by atoms with E-state index in [9.17, 15) is 9.59 Å². The van der Waals surface area contributed by atoms with Gasteiger partial charge in [-0.1, -0.05) is 27.7 Å². The Morgan fingerprint density at radius 1 is 0.952 bits per heavy atom. The predicted molar refractivity (Wildman–Crippen MR) is 87.1 cm³/mol. The number of likely N-dealkylation sites (N-methyl/N-ethyl adjacent to an activating group) is 1. The highest BCUT2D eigenvalue weighted by Gasteiger charge is 2.11. The zero-order valence-corrected chi connectivity index (χ0v) is 15.1. The SMILES string of the molecule is CCC(C)C(=O)N(C)C.CCC(C)C(=O)OCCN(C)C. The van der Waals surface area contributed by atoms with E-state index < -0.39 is 0 Å². The maximum absolute atomic E-state index is 11.1. The summed E-state index contributed by atoms with van der Waals surface area (Å²) in [6, 6.07) is 0. The number of amides is 1. The number of ether oxygens (including phenoxy) is 1. The summed E-state index contributed by atoms with van der Waals surface area (Å²) in [5.74, 6) is 0.351. The summed E-state index contributed by atoms with van der Waals surface area (Å²) >= 11 is 0. The van der Waals surface area contributed by atoms with Gasteiger partial charge in [0.15, 0.2) is 0 Å². The molecule has 0 aliphatic rings. The molecular formula is C16H34N2O3.